The number of hydrogen-bond acceptors (Lipinski definition) is 2. The average molecular weight is 720 g/mol. The van der Waals surface area contributed by atoms with Crippen LogP contribution in [-0.2, 0) is 0 Å². The summed E-state index contributed by atoms with van der Waals surface area (Å²) in [5.74, 6) is 0. The summed E-state index contributed by atoms with van der Waals surface area (Å²) in [4.78, 5) is 2.35. The lowest BCUT2D eigenvalue weighted by molar-refractivity contribution is 0.673. The maximum Gasteiger partial charge on any atom is 0.143 e. The largest absolute Gasteiger partial charge is 0.455 e. The highest BCUT2D eigenvalue weighted by molar-refractivity contribution is 6.19. The van der Waals surface area contributed by atoms with E-state index in [9.17, 15) is 0 Å². The van der Waals surface area contributed by atoms with Gasteiger partial charge in [-0.25, -0.2) is 0 Å². The Bertz CT molecular complexity index is 2910. The first-order valence-corrected chi connectivity index (χ1v) is 19.2. The van der Waals surface area contributed by atoms with E-state index in [4.69, 9.17) is 4.42 Å². The van der Waals surface area contributed by atoms with Gasteiger partial charge in [0.1, 0.15) is 11.2 Å². The third-order valence-corrected chi connectivity index (χ3v) is 10.6. The molecule has 1 aliphatic carbocycles. The van der Waals surface area contributed by atoms with Gasteiger partial charge in [0.2, 0.25) is 0 Å². The van der Waals surface area contributed by atoms with Gasteiger partial charge in [-0.2, -0.15) is 0 Å². The van der Waals surface area contributed by atoms with Gasteiger partial charge in [0.05, 0.1) is 0 Å². The molecule has 0 spiro atoms. The molecule has 0 aliphatic heterocycles. The number of hydrogen-bond donors (Lipinski definition) is 0. The fourth-order valence-electron chi connectivity index (χ4n) is 7.76. The SMILES string of the molecule is Cc1ccccc1-c1cc(N(C2=C/C=C\C=C/C=C/C=C/C=C\2)c2ccc(-c3cc4c5ccc(-c6ccccc6)cc5oc4c4ccccc34)cc2)ccc1C. The average Bonchev–Trinajstić information content (AvgIpc) is 3.61. The van der Waals surface area contributed by atoms with E-state index in [1.165, 1.54) is 33.4 Å². The smallest absolute Gasteiger partial charge is 0.143 e. The highest BCUT2D eigenvalue weighted by Gasteiger charge is 2.18. The molecule has 56 heavy (non-hydrogen) atoms. The van der Waals surface area contributed by atoms with Gasteiger partial charge in [0.25, 0.3) is 0 Å². The van der Waals surface area contributed by atoms with Gasteiger partial charge >= 0.3 is 0 Å². The third-order valence-electron chi connectivity index (χ3n) is 10.6. The van der Waals surface area contributed by atoms with Crippen LogP contribution in [0.25, 0.3) is 66.1 Å². The van der Waals surface area contributed by atoms with Crippen LogP contribution in [0.2, 0.25) is 0 Å². The number of furan rings is 1. The second-order valence-corrected chi connectivity index (χ2v) is 14.2. The molecular formula is C54H41NO. The van der Waals surface area contributed by atoms with Gasteiger partial charge in [0.15, 0.2) is 0 Å². The molecular weight excluding hydrogens is 679 g/mol. The van der Waals surface area contributed by atoms with Crippen LogP contribution in [0.3, 0.4) is 0 Å². The first kappa shape index (κ1) is 34.6. The van der Waals surface area contributed by atoms with E-state index >= 15 is 0 Å². The number of fused-ring (bicyclic) bond motifs is 5. The highest BCUT2D eigenvalue weighted by Crippen LogP contribution is 2.42. The third kappa shape index (κ3) is 6.74. The van der Waals surface area contributed by atoms with E-state index in [1.807, 2.05) is 24.3 Å². The summed E-state index contributed by atoms with van der Waals surface area (Å²) in [5, 5.41) is 4.51. The molecule has 0 atom stereocenters. The van der Waals surface area contributed by atoms with Crippen molar-refractivity contribution in [2.24, 2.45) is 0 Å². The maximum absolute atomic E-state index is 6.66. The predicted octanol–water partition coefficient (Wildman–Crippen LogP) is 15.2. The van der Waals surface area contributed by atoms with E-state index in [1.54, 1.807) is 0 Å². The van der Waals surface area contributed by atoms with Gasteiger partial charge in [0, 0.05) is 33.2 Å². The van der Waals surface area contributed by atoms with Crippen molar-refractivity contribution in [3.8, 4) is 33.4 Å². The number of aryl methyl sites for hydroxylation is 2. The van der Waals surface area contributed by atoms with Crippen molar-refractivity contribution in [2.45, 2.75) is 13.8 Å². The second-order valence-electron chi connectivity index (χ2n) is 14.2. The van der Waals surface area contributed by atoms with Crippen LogP contribution >= 0.6 is 0 Å². The van der Waals surface area contributed by atoms with Crippen molar-refractivity contribution in [1.82, 2.24) is 0 Å². The summed E-state index contributed by atoms with van der Waals surface area (Å²) in [6, 6.07) is 52.4. The van der Waals surface area contributed by atoms with Crippen LogP contribution < -0.4 is 4.90 Å². The molecule has 0 saturated carbocycles. The molecule has 0 radical (unpaired) electrons. The zero-order valence-corrected chi connectivity index (χ0v) is 31.6. The lowest BCUT2D eigenvalue weighted by Gasteiger charge is -2.28. The minimum Gasteiger partial charge on any atom is -0.455 e. The zero-order valence-electron chi connectivity index (χ0n) is 31.6. The Morgan fingerprint density at radius 1 is 0.393 bits per heavy atom. The van der Waals surface area contributed by atoms with Gasteiger partial charge < -0.3 is 9.32 Å². The molecule has 8 aromatic rings. The molecule has 9 rings (SSSR count). The highest BCUT2D eigenvalue weighted by atomic mass is 16.3. The van der Waals surface area contributed by atoms with E-state index < -0.39 is 0 Å². The summed E-state index contributed by atoms with van der Waals surface area (Å²) >= 11 is 0. The molecule has 2 nitrogen and oxygen atoms in total. The lowest BCUT2D eigenvalue weighted by Crippen LogP contribution is -2.15. The monoisotopic (exact) mass is 719 g/mol. The molecule has 7 aromatic carbocycles. The Labute approximate surface area is 328 Å². The second kappa shape index (κ2) is 15.3. The zero-order chi connectivity index (χ0) is 37.8. The molecule has 1 heterocycles. The first-order chi connectivity index (χ1) is 27.6. The van der Waals surface area contributed by atoms with Crippen LogP contribution in [-0.4, -0.2) is 0 Å². The molecule has 0 N–H and O–H groups in total. The molecule has 0 unspecified atom stereocenters. The van der Waals surface area contributed by atoms with Crippen molar-refractivity contribution in [3.63, 3.8) is 0 Å². The van der Waals surface area contributed by atoms with Crippen LogP contribution in [0.4, 0.5) is 11.4 Å². The van der Waals surface area contributed by atoms with Crippen LogP contribution in [0.5, 0.6) is 0 Å². The van der Waals surface area contributed by atoms with Crippen molar-refractivity contribution in [3.05, 3.63) is 229 Å². The van der Waals surface area contributed by atoms with Crippen molar-refractivity contribution < 1.29 is 4.42 Å². The number of nitrogens with zero attached hydrogens (tertiary/aromatic N) is 1. The molecule has 0 saturated heterocycles. The normalized spacial score (nSPS) is 16.7. The molecule has 0 bridgehead atoms. The summed E-state index contributed by atoms with van der Waals surface area (Å²) in [7, 11) is 0. The number of rotatable bonds is 6. The molecule has 1 aromatic heterocycles. The van der Waals surface area contributed by atoms with E-state index in [2.05, 4.69) is 207 Å². The van der Waals surface area contributed by atoms with Gasteiger partial charge in [-0.3, -0.25) is 0 Å². The molecule has 2 heteroatoms. The van der Waals surface area contributed by atoms with Crippen LogP contribution in [0, 0.1) is 13.8 Å². The lowest BCUT2D eigenvalue weighted by atomic mass is 9.94. The predicted molar refractivity (Wildman–Crippen MR) is 239 cm³/mol. The Kier molecular flexibility index (Phi) is 9.45. The van der Waals surface area contributed by atoms with Crippen molar-refractivity contribution in [1.29, 1.82) is 0 Å². The Balaban J connectivity index is 1.18. The molecule has 0 fully saturated rings. The maximum atomic E-state index is 6.66. The quantitative estimate of drug-likeness (QED) is 0.170. The standard InChI is InChI=1S/C54H41NO/c1-38-19-15-16-24-46(38)50-36-45(31-27-39(50)2)55(43-22-13-8-6-4-3-5-7-9-14-23-43)44-32-28-41(29-33-44)51-37-52-48-34-30-42(40-20-11-10-12-21-40)35-53(48)56-54(52)49-26-18-17-25-47(49)51/h3-37H,1-2H3/b4-3+,5-3?,6-4?,7-5-,8-6+,9-7?,13-8?,14-9-,22-13-,23-14?,43-22?,43-23+. The Hall–Kier alpha value is -7.16. The Morgan fingerprint density at radius 3 is 1.82 bits per heavy atom. The number of anilines is 2. The number of allylic oxidation sites excluding steroid dienone is 11. The van der Waals surface area contributed by atoms with Gasteiger partial charge in [-0.1, -0.05) is 158 Å². The van der Waals surface area contributed by atoms with Crippen LogP contribution in [0.1, 0.15) is 11.1 Å². The number of benzene rings is 7. The topological polar surface area (TPSA) is 16.4 Å². The van der Waals surface area contributed by atoms with Gasteiger partial charge in [-0.05, 0) is 118 Å². The summed E-state index contributed by atoms with van der Waals surface area (Å²) in [5.41, 5.74) is 14.6. The summed E-state index contributed by atoms with van der Waals surface area (Å²) < 4.78 is 6.66. The molecule has 268 valence electrons. The first-order valence-electron chi connectivity index (χ1n) is 19.2. The molecule has 0 amide bonds. The summed E-state index contributed by atoms with van der Waals surface area (Å²) in [6.07, 6.45) is 22.9. The van der Waals surface area contributed by atoms with E-state index in [-0.39, 0.29) is 0 Å². The Morgan fingerprint density at radius 2 is 1.04 bits per heavy atom. The van der Waals surface area contributed by atoms with Crippen molar-refractivity contribution in [2.75, 3.05) is 4.90 Å². The molecule has 1 aliphatic rings. The minimum absolute atomic E-state index is 0.895. The van der Waals surface area contributed by atoms with Gasteiger partial charge in [-0.15, -0.1) is 0 Å². The minimum atomic E-state index is 0.895. The van der Waals surface area contributed by atoms with E-state index in [0.29, 0.717) is 0 Å². The fourth-order valence-corrected chi connectivity index (χ4v) is 7.76. The summed E-state index contributed by atoms with van der Waals surface area (Å²) in [6.45, 7) is 4.38. The van der Waals surface area contributed by atoms with Crippen LogP contribution in [0.15, 0.2) is 223 Å². The van der Waals surface area contributed by atoms with E-state index in [0.717, 1.165) is 60.9 Å². The van der Waals surface area contributed by atoms with Crippen molar-refractivity contribution >= 4 is 44.1 Å². The fraction of sp³-hybridized carbons (Fsp3) is 0.0370.